The van der Waals surface area contributed by atoms with E-state index in [1.807, 2.05) is 11.0 Å². The topological polar surface area (TPSA) is 59.6 Å². The van der Waals surface area contributed by atoms with Crippen molar-refractivity contribution in [3.63, 3.8) is 0 Å². The van der Waals surface area contributed by atoms with E-state index >= 15 is 0 Å². The van der Waals surface area contributed by atoms with Crippen LogP contribution in [-0.2, 0) is 6.54 Å². The maximum absolute atomic E-state index is 13.6. The number of nitrogens with one attached hydrogen (secondary N) is 1. The van der Waals surface area contributed by atoms with E-state index in [1.165, 1.54) is 16.5 Å². The molecule has 3 heterocycles. The van der Waals surface area contributed by atoms with Gasteiger partial charge in [0.1, 0.15) is 5.69 Å². The molecule has 2 N–H and O–H groups in total. The molecule has 0 spiro atoms. The predicted octanol–water partition coefficient (Wildman–Crippen LogP) is 5.40. The van der Waals surface area contributed by atoms with Gasteiger partial charge in [0.05, 0.1) is 0 Å². The van der Waals surface area contributed by atoms with E-state index in [9.17, 15) is 9.90 Å². The Hall–Kier alpha value is -2.63. The Bertz CT molecular complexity index is 1150. The molecule has 2 fully saturated rings. The highest BCUT2D eigenvalue weighted by Crippen LogP contribution is 2.34. The lowest BCUT2D eigenvalue weighted by Crippen LogP contribution is -2.39. The van der Waals surface area contributed by atoms with Gasteiger partial charge in [-0.2, -0.15) is 0 Å². The maximum atomic E-state index is 13.6. The van der Waals surface area contributed by atoms with E-state index < -0.39 is 0 Å². The lowest BCUT2D eigenvalue weighted by atomic mass is 9.84. The third-order valence-corrected chi connectivity index (χ3v) is 8.39. The van der Waals surface area contributed by atoms with Gasteiger partial charge in [-0.25, -0.2) is 0 Å². The van der Waals surface area contributed by atoms with Crippen molar-refractivity contribution in [3.8, 4) is 0 Å². The van der Waals surface area contributed by atoms with E-state index in [-0.39, 0.29) is 12.5 Å². The van der Waals surface area contributed by atoms with Crippen molar-refractivity contribution in [2.24, 2.45) is 5.92 Å². The largest absolute Gasteiger partial charge is 0.396 e. The molecule has 2 aromatic carbocycles. The molecule has 35 heavy (non-hydrogen) atoms. The summed E-state index contributed by atoms with van der Waals surface area (Å²) in [7, 11) is 0. The molecular formula is C30H39N3O2. The molecule has 2 aliphatic rings. The maximum Gasteiger partial charge on any atom is 0.270 e. The Balaban J connectivity index is 1.32. The SMILES string of the molecule is Cc1cccc(C)c1C1CCN(Cc2c(C(=O)N3CCC(CCO)CC3)[nH]c3ccccc23)CC1. The molecule has 0 unspecified atom stereocenters. The van der Waals surface area contributed by atoms with Gasteiger partial charge in [-0.05, 0) is 93.6 Å². The summed E-state index contributed by atoms with van der Waals surface area (Å²) in [4.78, 5) is 21.7. The molecule has 1 aromatic heterocycles. The number of aryl methyl sites for hydroxylation is 2. The minimum absolute atomic E-state index is 0.129. The Labute approximate surface area is 209 Å². The van der Waals surface area contributed by atoms with E-state index in [0.29, 0.717) is 11.8 Å². The number of para-hydroxylation sites is 1. The number of rotatable bonds is 6. The van der Waals surface area contributed by atoms with Crippen LogP contribution >= 0.6 is 0 Å². The second-order valence-corrected chi connectivity index (χ2v) is 10.6. The zero-order chi connectivity index (χ0) is 24.4. The van der Waals surface area contributed by atoms with Crippen molar-refractivity contribution in [3.05, 3.63) is 70.4 Å². The molecular weight excluding hydrogens is 434 g/mol. The molecule has 0 radical (unpaired) electrons. The van der Waals surface area contributed by atoms with Gasteiger partial charge in [0.25, 0.3) is 5.91 Å². The fourth-order valence-corrected chi connectivity index (χ4v) is 6.39. The molecule has 0 atom stereocenters. The smallest absolute Gasteiger partial charge is 0.270 e. The molecule has 5 heteroatoms. The van der Waals surface area contributed by atoms with Crippen LogP contribution in [0.15, 0.2) is 42.5 Å². The molecule has 3 aromatic rings. The number of hydrogen-bond donors (Lipinski definition) is 2. The summed E-state index contributed by atoms with van der Waals surface area (Å²) in [6.45, 7) is 9.20. The Morgan fingerprint density at radius 3 is 2.31 bits per heavy atom. The number of piperidine rings is 2. The van der Waals surface area contributed by atoms with E-state index in [0.717, 1.165) is 81.6 Å². The number of likely N-dealkylation sites (tertiary alicyclic amines) is 2. The molecule has 186 valence electrons. The van der Waals surface area contributed by atoms with Crippen molar-refractivity contribution in [1.29, 1.82) is 0 Å². The Morgan fingerprint density at radius 2 is 1.63 bits per heavy atom. The fourth-order valence-electron chi connectivity index (χ4n) is 6.39. The molecule has 2 aliphatic heterocycles. The number of aliphatic hydroxyl groups is 1. The molecule has 5 nitrogen and oxygen atoms in total. The van der Waals surface area contributed by atoms with Gasteiger partial charge in [0, 0.05) is 42.7 Å². The number of aliphatic hydroxyl groups excluding tert-OH is 1. The quantitative estimate of drug-likeness (QED) is 0.504. The predicted molar refractivity (Wildman–Crippen MR) is 142 cm³/mol. The zero-order valence-corrected chi connectivity index (χ0v) is 21.2. The van der Waals surface area contributed by atoms with Crippen LogP contribution in [0.1, 0.15) is 70.8 Å². The summed E-state index contributed by atoms with van der Waals surface area (Å²) in [5.41, 5.74) is 7.33. The number of fused-ring (bicyclic) bond motifs is 1. The minimum Gasteiger partial charge on any atom is -0.396 e. The number of benzene rings is 2. The van der Waals surface area contributed by atoms with Crippen LogP contribution in [0.2, 0.25) is 0 Å². The number of aromatic nitrogens is 1. The van der Waals surface area contributed by atoms with Crippen LogP contribution in [-0.4, -0.2) is 58.6 Å². The fraction of sp³-hybridized carbons (Fsp3) is 0.500. The van der Waals surface area contributed by atoms with E-state index in [1.54, 1.807) is 5.56 Å². The third kappa shape index (κ3) is 5.03. The normalized spacial score (nSPS) is 18.4. The zero-order valence-electron chi connectivity index (χ0n) is 21.2. The van der Waals surface area contributed by atoms with Crippen LogP contribution in [0.3, 0.4) is 0 Å². The monoisotopic (exact) mass is 473 g/mol. The first-order valence-electron chi connectivity index (χ1n) is 13.3. The highest BCUT2D eigenvalue weighted by molar-refractivity contribution is 6.01. The number of carbonyl (C=O) groups excluding carboxylic acids is 1. The summed E-state index contributed by atoms with van der Waals surface area (Å²) in [6, 6.07) is 15.0. The van der Waals surface area contributed by atoms with E-state index in [2.05, 4.69) is 60.1 Å². The lowest BCUT2D eigenvalue weighted by molar-refractivity contribution is 0.0670. The molecule has 0 aliphatic carbocycles. The van der Waals surface area contributed by atoms with Crippen LogP contribution in [0, 0.1) is 19.8 Å². The van der Waals surface area contributed by atoms with Crippen molar-refractivity contribution in [2.75, 3.05) is 32.8 Å². The number of hydrogen-bond acceptors (Lipinski definition) is 3. The highest BCUT2D eigenvalue weighted by atomic mass is 16.3. The van der Waals surface area contributed by atoms with Gasteiger partial charge in [0.15, 0.2) is 0 Å². The number of carbonyl (C=O) groups is 1. The minimum atomic E-state index is 0.129. The van der Waals surface area contributed by atoms with Gasteiger partial charge in [-0.15, -0.1) is 0 Å². The standard InChI is InChI=1S/C30H39N3O2/c1-21-6-5-7-22(2)28(21)24-12-15-32(16-13-24)20-26-25-8-3-4-9-27(25)31-29(26)30(35)33-17-10-23(11-18-33)14-19-34/h3-9,23-24,31,34H,10-20H2,1-2H3. The van der Waals surface area contributed by atoms with Crippen LogP contribution in [0.25, 0.3) is 10.9 Å². The average Bonchev–Trinajstić information content (AvgIpc) is 3.23. The first-order chi connectivity index (χ1) is 17.0. The Morgan fingerprint density at radius 1 is 0.943 bits per heavy atom. The van der Waals surface area contributed by atoms with Crippen molar-refractivity contribution in [2.45, 2.75) is 58.4 Å². The summed E-state index contributed by atoms with van der Waals surface area (Å²) >= 11 is 0. The first-order valence-corrected chi connectivity index (χ1v) is 13.3. The average molecular weight is 474 g/mol. The molecule has 5 rings (SSSR count). The second-order valence-electron chi connectivity index (χ2n) is 10.6. The number of aromatic amines is 1. The van der Waals surface area contributed by atoms with Crippen molar-refractivity contribution < 1.29 is 9.90 Å². The third-order valence-electron chi connectivity index (χ3n) is 8.39. The molecule has 0 bridgehead atoms. The lowest BCUT2D eigenvalue weighted by Gasteiger charge is -2.34. The first kappa shape index (κ1) is 24.1. The number of H-pyrrole nitrogens is 1. The molecule has 0 saturated carbocycles. The number of amides is 1. The summed E-state index contributed by atoms with van der Waals surface area (Å²) < 4.78 is 0. The number of nitrogens with zero attached hydrogens (tertiary/aromatic N) is 2. The summed E-state index contributed by atoms with van der Waals surface area (Å²) in [5, 5.41) is 10.4. The molecule has 1 amide bonds. The summed E-state index contributed by atoms with van der Waals surface area (Å²) in [5.74, 6) is 1.28. The second kappa shape index (κ2) is 10.5. The van der Waals surface area contributed by atoms with Crippen molar-refractivity contribution >= 4 is 16.8 Å². The van der Waals surface area contributed by atoms with Gasteiger partial charge in [-0.1, -0.05) is 36.4 Å². The van der Waals surface area contributed by atoms with Crippen LogP contribution in [0.5, 0.6) is 0 Å². The van der Waals surface area contributed by atoms with E-state index in [4.69, 9.17) is 0 Å². The van der Waals surface area contributed by atoms with Gasteiger partial charge in [0.2, 0.25) is 0 Å². The molecule has 2 saturated heterocycles. The van der Waals surface area contributed by atoms with Gasteiger partial charge >= 0.3 is 0 Å². The summed E-state index contributed by atoms with van der Waals surface area (Å²) in [6.07, 6.45) is 5.13. The van der Waals surface area contributed by atoms with Gasteiger partial charge < -0.3 is 15.0 Å². The Kier molecular flexibility index (Phi) is 7.26. The van der Waals surface area contributed by atoms with Crippen LogP contribution < -0.4 is 0 Å². The highest BCUT2D eigenvalue weighted by Gasteiger charge is 2.29. The van der Waals surface area contributed by atoms with Crippen molar-refractivity contribution in [1.82, 2.24) is 14.8 Å². The van der Waals surface area contributed by atoms with Gasteiger partial charge in [-0.3, -0.25) is 9.69 Å². The van der Waals surface area contributed by atoms with Crippen LogP contribution in [0.4, 0.5) is 0 Å².